The number of benzene rings is 1. The highest BCUT2D eigenvalue weighted by molar-refractivity contribution is 5.83. The van der Waals surface area contributed by atoms with E-state index >= 15 is 0 Å². The van der Waals surface area contributed by atoms with Crippen molar-refractivity contribution in [3.63, 3.8) is 0 Å². The number of allylic oxidation sites excluding steroid dienone is 1. The van der Waals surface area contributed by atoms with Crippen LogP contribution in [-0.4, -0.2) is 26.2 Å². The van der Waals surface area contributed by atoms with Crippen LogP contribution in [0.4, 0.5) is 0 Å². The van der Waals surface area contributed by atoms with Crippen LogP contribution >= 0.6 is 0 Å². The molecule has 1 heterocycles. The highest BCUT2D eigenvalue weighted by Crippen LogP contribution is 2.34. The molecule has 4 nitrogen and oxygen atoms in total. The summed E-state index contributed by atoms with van der Waals surface area (Å²) in [6, 6.07) is 8.30. The topological polar surface area (TPSA) is 47.6 Å². The lowest BCUT2D eigenvalue weighted by Crippen LogP contribution is -2.16. The third-order valence-corrected chi connectivity index (χ3v) is 3.37. The molecule has 0 aliphatic carbocycles. The first kappa shape index (κ1) is 13.5. The van der Waals surface area contributed by atoms with Gasteiger partial charge in [0.2, 0.25) is 0 Å². The number of carbonyl (C=O) groups is 1. The zero-order valence-corrected chi connectivity index (χ0v) is 11.5. The molecule has 1 N–H and O–H groups in total. The number of methoxy groups -OCH3 is 2. The van der Waals surface area contributed by atoms with Crippen LogP contribution in [-0.2, 0) is 9.53 Å². The van der Waals surface area contributed by atoms with E-state index in [2.05, 4.69) is 12.2 Å². The van der Waals surface area contributed by atoms with Crippen molar-refractivity contribution in [2.45, 2.75) is 25.3 Å². The summed E-state index contributed by atoms with van der Waals surface area (Å²) >= 11 is 0. The van der Waals surface area contributed by atoms with E-state index in [4.69, 9.17) is 9.47 Å². The van der Waals surface area contributed by atoms with Crippen LogP contribution in [0, 0.1) is 0 Å². The molecule has 1 saturated heterocycles. The first-order valence-corrected chi connectivity index (χ1v) is 6.34. The normalized spacial score (nSPS) is 24.1. The van der Waals surface area contributed by atoms with E-state index < -0.39 is 0 Å². The standard InChI is InChI=1S/C15H19NO3/c1-10-8-13(14(16-10)9-15(17)19-3)11-4-6-12(18-2)7-5-11/h4-7,9-10,13,16H,8H2,1-3H3/b14-9-/t10-,13-/m0/s1. The predicted molar refractivity (Wildman–Crippen MR) is 73.0 cm³/mol. The second-order valence-electron chi connectivity index (χ2n) is 4.73. The maximum absolute atomic E-state index is 11.4. The number of esters is 1. The molecule has 0 bridgehead atoms. The molecule has 0 aromatic heterocycles. The molecule has 4 heteroatoms. The summed E-state index contributed by atoms with van der Waals surface area (Å²) < 4.78 is 9.85. The average molecular weight is 261 g/mol. The maximum Gasteiger partial charge on any atom is 0.332 e. The summed E-state index contributed by atoms with van der Waals surface area (Å²) in [7, 11) is 3.04. The molecule has 1 aromatic rings. The van der Waals surface area contributed by atoms with Gasteiger partial charge in [-0.3, -0.25) is 0 Å². The summed E-state index contributed by atoms with van der Waals surface area (Å²) in [6.45, 7) is 2.11. The number of ether oxygens (including phenoxy) is 2. The molecular formula is C15H19NO3. The van der Waals surface area contributed by atoms with Gasteiger partial charge in [-0.05, 0) is 31.0 Å². The minimum absolute atomic E-state index is 0.208. The minimum atomic E-state index is -0.324. The maximum atomic E-state index is 11.4. The van der Waals surface area contributed by atoms with Gasteiger partial charge >= 0.3 is 5.97 Å². The SMILES string of the molecule is COC(=O)/C=C1\N[C@@H](C)C[C@H]1c1ccc(OC)cc1. The van der Waals surface area contributed by atoms with E-state index in [1.165, 1.54) is 12.7 Å². The van der Waals surface area contributed by atoms with Gasteiger partial charge in [-0.25, -0.2) is 4.79 Å². The van der Waals surface area contributed by atoms with Crippen molar-refractivity contribution in [2.24, 2.45) is 0 Å². The van der Waals surface area contributed by atoms with Crippen LogP contribution < -0.4 is 10.1 Å². The Kier molecular flexibility index (Phi) is 4.10. The highest BCUT2D eigenvalue weighted by Gasteiger charge is 2.28. The van der Waals surface area contributed by atoms with Gasteiger partial charge in [-0.2, -0.15) is 0 Å². The van der Waals surface area contributed by atoms with Gasteiger partial charge in [-0.1, -0.05) is 12.1 Å². The number of carbonyl (C=O) groups excluding carboxylic acids is 1. The Morgan fingerprint density at radius 3 is 2.58 bits per heavy atom. The lowest BCUT2D eigenvalue weighted by molar-refractivity contribution is -0.134. The van der Waals surface area contributed by atoms with Gasteiger partial charge in [0.15, 0.2) is 0 Å². The molecule has 1 fully saturated rings. The van der Waals surface area contributed by atoms with E-state index in [1.54, 1.807) is 13.2 Å². The predicted octanol–water partition coefficient (Wildman–Crippen LogP) is 2.22. The van der Waals surface area contributed by atoms with Crippen molar-refractivity contribution < 1.29 is 14.3 Å². The Balaban J connectivity index is 2.25. The molecule has 0 unspecified atom stereocenters. The second-order valence-corrected chi connectivity index (χ2v) is 4.73. The lowest BCUT2D eigenvalue weighted by atomic mass is 9.94. The number of hydrogen-bond acceptors (Lipinski definition) is 4. The Bertz CT molecular complexity index is 479. The fraction of sp³-hybridized carbons (Fsp3) is 0.400. The summed E-state index contributed by atoms with van der Waals surface area (Å²) in [5, 5.41) is 3.33. The molecule has 2 atom stereocenters. The smallest absolute Gasteiger partial charge is 0.332 e. The Morgan fingerprint density at radius 2 is 2.00 bits per heavy atom. The average Bonchev–Trinajstić information content (AvgIpc) is 2.79. The minimum Gasteiger partial charge on any atom is -0.497 e. The zero-order valence-electron chi connectivity index (χ0n) is 11.5. The van der Waals surface area contributed by atoms with Gasteiger partial charge in [0, 0.05) is 23.7 Å². The highest BCUT2D eigenvalue weighted by atomic mass is 16.5. The van der Waals surface area contributed by atoms with Gasteiger partial charge in [-0.15, -0.1) is 0 Å². The second kappa shape index (κ2) is 5.78. The molecular weight excluding hydrogens is 242 g/mol. The molecule has 0 saturated carbocycles. The fourth-order valence-corrected chi connectivity index (χ4v) is 2.40. The van der Waals surface area contributed by atoms with Gasteiger partial charge in [0.1, 0.15) is 5.75 Å². The molecule has 0 radical (unpaired) electrons. The van der Waals surface area contributed by atoms with Crippen LogP contribution in [0.5, 0.6) is 5.75 Å². The Morgan fingerprint density at radius 1 is 1.32 bits per heavy atom. The van der Waals surface area contributed by atoms with E-state index in [9.17, 15) is 4.79 Å². The first-order chi connectivity index (χ1) is 9.13. The summed E-state index contributed by atoms with van der Waals surface area (Å²) in [5.41, 5.74) is 2.09. The number of nitrogens with one attached hydrogen (secondary N) is 1. The van der Waals surface area contributed by atoms with Crippen molar-refractivity contribution in [1.82, 2.24) is 5.32 Å². The van der Waals surface area contributed by atoms with Crippen molar-refractivity contribution in [3.8, 4) is 5.75 Å². The Labute approximate surface area is 113 Å². The number of hydrogen-bond donors (Lipinski definition) is 1. The number of rotatable bonds is 3. The van der Waals surface area contributed by atoms with E-state index in [1.807, 2.05) is 24.3 Å². The third kappa shape index (κ3) is 3.08. The van der Waals surface area contributed by atoms with Crippen LogP contribution in [0.25, 0.3) is 0 Å². The van der Waals surface area contributed by atoms with Gasteiger partial charge in [0.05, 0.1) is 14.2 Å². The molecule has 2 rings (SSSR count). The molecule has 1 aliphatic heterocycles. The van der Waals surface area contributed by atoms with Crippen molar-refractivity contribution in [1.29, 1.82) is 0 Å². The van der Waals surface area contributed by atoms with Crippen molar-refractivity contribution in [2.75, 3.05) is 14.2 Å². The van der Waals surface area contributed by atoms with Crippen LogP contribution in [0.15, 0.2) is 36.0 Å². The van der Waals surface area contributed by atoms with E-state index in [0.29, 0.717) is 6.04 Å². The molecule has 1 aromatic carbocycles. The fourth-order valence-electron chi connectivity index (χ4n) is 2.40. The zero-order chi connectivity index (χ0) is 13.8. The molecule has 1 aliphatic rings. The summed E-state index contributed by atoms with van der Waals surface area (Å²) in [6.07, 6.45) is 2.51. The van der Waals surface area contributed by atoms with Crippen molar-refractivity contribution >= 4 is 5.97 Å². The first-order valence-electron chi connectivity index (χ1n) is 6.34. The lowest BCUT2D eigenvalue weighted by Gasteiger charge is -2.12. The van der Waals surface area contributed by atoms with Crippen LogP contribution in [0.2, 0.25) is 0 Å². The monoisotopic (exact) mass is 261 g/mol. The summed E-state index contributed by atoms with van der Waals surface area (Å²) in [4.78, 5) is 11.4. The molecule has 102 valence electrons. The van der Waals surface area contributed by atoms with E-state index in [-0.39, 0.29) is 11.9 Å². The molecule has 0 spiro atoms. The van der Waals surface area contributed by atoms with Crippen molar-refractivity contribution in [3.05, 3.63) is 41.6 Å². The summed E-state index contributed by atoms with van der Waals surface area (Å²) in [5.74, 6) is 0.719. The van der Waals surface area contributed by atoms with E-state index in [0.717, 1.165) is 17.9 Å². The Hall–Kier alpha value is -1.97. The largest absolute Gasteiger partial charge is 0.497 e. The van der Waals surface area contributed by atoms with Gasteiger partial charge < -0.3 is 14.8 Å². The van der Waals surface area contributed by atoms with Gasteiger partial charge in [0.25, 0.3) is 0 Å². The van der Waals surface area contributed by atoms with Crippen LogP contribution in [0.1, 0.15) is 24.8 Å². The molecule has 19 heavy (non-hydrogen) atoms. The third-order valence-electron chi connectivity index (χ3n) is 3.37. The molecule has 0 amide bonds. The quantitative estimate of drug-likeness (QED) is 0.669. The van der Waals surface area contributed by atoms with Crippen LogP contribution in [0.3, 0.4) is 0 Å².